The predicted molar refractivity (Wildman–Crippen MR) is 68.3 cm³/mol. The lowest BCUT2D eigenvalue weighted by Crippen LogP contribution is -2.44. The molecular formula is C14H17NO4. The molecule has 19 heavy (non-hydrogen) atoms. The molecule has 1 aromatic rings. The monoisotopic (exact) mass is 263 g/mol. The highest BCUT2D eigenvalue weighted by atomic mass is 16.5. The Kier molecular flexibility index (Phi) is 4.16. The molecule has 1 aliphatic rings. The van der Waals surface area contributed by atoms with Gasteiger partial charge in [0.2, 0.25) is 5.91 Å². The van der Waals surface area contributed by atoms with Crippen molar-refractivity contribution in [3.63, 3.8) is 0 Å². The van der Waals surface area contributed by atoms with Crippen LogP contribution in [0.15, 0.2) is 30.3 Å². The number of carbonyl (C=O) groups is 2. The number of β-amino-alcohol motifs (C(OH)–C–C–N with tert-alkyl or cyclic N) is 1. The summed E-state index contributed by atoms with van der Waals surface area (Å²) < 4.78 is 4.77. The van der Waals surface area contributed by atoms with Crippen molar-refractivity contribution < 1.29 is 19.4 Å². The van der Waals surface area contributed by atoms with E-state index in [-0.39, 0.29) is 18.9 Å². The van der Waals surface area contributed by atoms with Crippen molar-refractivity contribution in [1.82, 2.24) is 4.90 Å². The van der Waals surface area contributed by atoms with Crippen LogP contribution in [-0.4, -0.2) is 47.7 Å². The molecule has 1 saturated heterocycles. The van der Waals surface area contributed by atoms with E-state index in [1.165, 1.54) is 12.0 Å². The lowest BCUT2D eigenvalue weighted by atomic mass is 10.0. The Hall–Kier alpha value is -1.88. The van der Waals surface area contributed by atoms with E-state index in [1.54, 1.807) is 0 Å². The number of methoxy groups -OCH3 is 1. The van der Waals surface area contributed by atoms with Gasteiger partial charge in [0.05, 0.1) is 19.6 Å². The van der Waals surface area contributed by atoms with Crippen LogP contribution in [0.1, 0.15) is 12.0 Å². The van der Waals surface area contributed by atoms with E-state index in [0.717, 1.165) is 5.56 Å². The molecule has 0 aromatic heterocycles. The number of hydrogen-bond donors (Lipinski definition) is 1. The molecule has 1 heterocycles. The van der Waals surface area contributed by atoms with Gasteiger partial charge in [-0.3, -0.25) is 4.79 Å². The van der Waals surface area contributed by atoms with Crippen molar-refractivity contribution in [3.05, 3.63) is 35.9 Å². The zero-order valence-electron chi connectivity index (χ0n) is 10.8. The fraction of sp³-hybridized carbons (Fsp3) is 0.429. The van der Waals surface area contributed by atoms with Crippen molar-refractivity contribution in [2.24, 2.45) is 0 Å². The van der Waals surface area contributed by atoms with Gasteiger partial charge in [0.15, 0.2) is 0 Å². The fourth-order valence-electron chi connectivity index (χ4n) is 2.31. The summed E-state index contributed by atoms with van der Waals surface area (Å²) in [5, 5.41) is 9.52. The number of hydrogen-bond acceptors (Lipinski definition) is 4. The molecule has 1 amide bonds. The predicted octanol–water partition coefficient (Wildman–Crippen LogP) is 0.364. The Bertz CT molecular complexity index is 460. The first-order chi connectivity index (χ1) is 9.11. The quantitative estimate of drug-likeness (QED) is 0.797. The lowest BCUT2D eigenvalue weighted by Gasteiger charge is -2.25. The van der Waals surface area contributed by atoms with Gasteiger partial charge in [-0.2, -0.15) is 0 Å². The highest BCUT2D eigenvalue weighted by Crippen LogP contribution is 2.18. The van der Waals surface area contributed by atoms with E-state index in [1.807, 2.05) is 30.3 Å². The second-order valence-corrected chi connectivity index (χ2v) is 4.63. The first-order valence-corrected chi connectivity index (χ1v) is 6.21. The van der Waals surface area contributed by atoms with Gasteiger partial charge >= 0.3 is 5.97 Å². The largest absolute Gasteiger partial charge is 0.467 e. The number of rotatable bonds is 4. The Labute approximate surface area is 111 Å². The molecule has 0 aliphatic carbocycles. The molecule has 5 heteroatoms. The summed E-state index contributed by atoms with van der Waals surface area (Å²) in [6, 6.07) is 8.77. The van der Waals surface area contributed by atoms with Crippen LogP contribution < -0.4 is 0 Å². The molecule has 1 fully saturated rings. The standard InChI is InChI=1S/C14H17NO4/c1-19-14(18)12(7-10-5-3-2-4-6-10)15-9-11(16)8-13(15)17/h2-6,11-12,16H,7-9H2,1H3/t11?,12-/m1/s1. The molecule has 0 radical (unpaired) electrons. The SMILES string of the molecule is COC(=O)[C@@H](Cc1ccccc1)N1CC(O)CC1=O. The minimum atomic E-state index is -0.699. The average molecular weight is 263 g/mol. The first kappa shape index (κ1) is 13.5. The maximum atomic E-state index is 11.9. The average Bonchev–Trinajstić information content (AvgIpc) is 2.75. The summed E-state index contributed by atoms with van der Waals surface area (Å²) in [6.07, 6.45) is -0.232. The van der Waals surface area contributed by atoms with E-state index >= 15 is 0 Å². The molecule has 1 N–H and O–H groups in total. The van der Waals surface area contributed by atoms with Gasteiger partial charge in [0.25, 0.3) is 0 Å². The zero-order valence-corrected chi connectivity index (χ0v) is 10.8. The number of aliphatic hydroxyl groups excluding tert-OH is 1. The van der Waals surface area contributed by atoms with E-state index in [4.69, 9.17) is 4.74 Å². The van der Waals surface area contributed by atoms with E-state index in [0.29, 0.717) is 6.42 Å². The van der Waals surface area contributed by atoms with Crippen LogP contribution in [0.4, 0.5) is 0 Å². The molecule has 1 unspecified atom stereocenters. The molecule has 1 aliphatic heterocycles. The van der Waals surface area contributed by atoms with Crippen molar-refractivity contribution >= 4 is 11.9 Å². The summed E-state index contributed by atoms with van der Waals surface area (Å²) in [5.41, 5.74) is 0.951. The molecule has 2 rings (SSSR count). The second kappa shape index (κ2) is 5.84. The van der Waals surface area contributed by atoms with Gasteiger partial charge in [-0.1, -0.05) is 30.3 Å². The summed E-state index contributed by atoms with van der Waals surface area (Å²) >= 11 is 0. The third-order valence-electron chi connectivity index (χ3n) is 3.26. The number of ether oxygens (including phenoxy) is 1. The van der Waals surface area contributed by atoms with Crippen LogP contribution in [0.2, 0.25) is 0 Å². The first-order valence-electron chi connectivity index (χ1n) is 6.21. The highest BCUT2D eigenvalue weighted by molar-refractivity contribution is 5.86. The number of likely N-dealkylation sites (tertiary alicyclic amines) is 1. The summed E-state index contributed by atoms with van der Waals surface area (Å²) in [6.45, 7) is 0.186. The van der Waals surface area contributed by atoms with Crippen molar-refractivity contribution in [2.45, 2.75) is 25.0 Å². The maximum absolute atomic E-state index is 11.9. The molecule has 1 aromatic carbocycles. The topological polar surface area (TPSA) is 66.8 Å². The van der Waals surface area contributed by atoms with Gasteiger partial charge in [0.1, 0.15) is 6.04 Å². The Morgan fingerprint density at radius 3 is 2.68 bits per heavy atom. The van der Waals surface area contributed by atoms with Gasteiger partial charge in [-0.05, 0) is 5.56 Å². The van der Waals surface area contributed by atoms with Crippen LogP contribution in [0, 0.1) is 0 Å². The summed E-state index contributed by atoms with van der Waals surface area (Å²) in [4.78, 5) is 25.1. The van der Waals surface area contributed by atoms with Gasteiger partial charge in [-0.25, -0.2) is 4.79 Å². The Morgan fingerprint density at radius 2 is 2.16 bits per heavy atom. The molecule has 2 atom stereocenters. The third kappa shape index (κ3) is 3.12. The van der Waals surface area contributed by atoms with Gasteiger partial charge in [0, 0.05) is 13.0 Å². The number of esters is 1. The van der Waals surface area contributed by atoms with Crippen LogP contribution in [0.3, 0.4) is 0 Å². The molecule has 102 valence electrons. The summed E-state index contributed by atoms with van der Waals surface area (Å²) in [7, 11) is 1.30. The van der Waals surface area contributed by atoms with Crippen molar-refractivity contribution in [3.8, 4) is 0 Å². The molecule has 0 saturated carbocycles. The normalized spacial score (nSPS) is 20.4. The number of amides is 1. The van der Waals surface area contributed by atoms with Crippen molar-refractivity contribution in [1.29, 1.82) is 0 Å². The van der Waals surface area contributed by atoms with E-state index < -0.39 is 18.1 Å². The van der Waals surface area contributed by atoms with Crippen LogP contribution in [-0.2, 0) is 20.7 Å². The van der Waals surface area contributed by atoms with Crippen LogP contribution >= 0.6 is 0 Å². The Balaban J connectivity index is 2.17. The molecule has 5 nitrogen and oxygen atoms in total. The summed E-state index contributed by atoms with van der Waals surface area (Å²) in [5.74, 6) is -0.662. The number of benzene rings is 1. The van der Waals surface area contributed by atoms with Crippen LogP contribution in [0.5, 0.6) is 0 Å². The van der Waals surface area contributed by atoms with E-state index in [2.05, 4.69) is 0 Å². The van der Waals surface area contributed by atoms with Gasteiger partial charge in [-0.15, -0.1) is 0 Å². The zero-order chi connectivity index (χ0) is 13.8. The molecule has 0 spiro atoms. The van der Waals surface area contributed by atoms with Crippen molar-refractivity contribution in [2.75, 3.05) is 13.7 Å². The third-order valence-corrected chi connectivity index (χ3v) is 3.26. The smallest absolute Gasteiger partial charge is 0.328 e. The number of nitrogens with zero attached hydrogens (tertiary/aromatic N) is 1. The minimum Gasteiger partial charge on any atom is -0.467 e. The lowest BCUT2D eigenvalue weighted by molar-refractivity contribution is -0.151. The number of carbonyl (C=O) groups excluding carboxylic acids is 2. The maximum Gasteiger partial charge on any atom is 0.328 e. The van der Waals surface area contributed by atoms with Crippen LogP contribution in [0.25, 0.3) is 0 Å². The molecular weight excluding hydrogens is 246 g/mol. The second-order valence-electron chi connectivity index (χ2n) is 4.63. The fourth-order valence-corrected chi connectivity index (χ4v) is 2.31. The van der Waals surface area contributed by atoms with Gasteiger partial charge < -0.3 is 14.7 Å². The van der Waals surface area contributed by atoms with E-state index in [9.17, 15) is 14.7 Å². The Morgan fingerprint density at radius 1 is 1.47 bits per heavy atom. The minimum absolute atomic E-state index is 0.0717. The number of aliphatic hydroxyl groups is 1. The molecule has 0 bridgehead atoms. The highest BCUT2D eigenvalue weighted by Gasteiger charge is 2.37.